The highest BCUT2D eigenvalue weighted by atomic mass is 32.2. The number of Topliss-reactive ketones (excluding diaryl/α,β-unsaturated/α-hetero) is 1. The number of halogens is 1. The normalized spacial score (nSPS) is 12.0. The van der Waals surface area contributed by atoms with E-state index in [1.807, 2.05) is 0 Å². The monoisotopic (exact) mass is 479 g/mol. The van der Waals surface area contributed by atoms with Gasteiger partial charge in [0.15, 0.2) is 10.9 Å². The van der Waals surface area contributed by atoms with Crippen LogP contribution in [0.1, 0.15) is 39.0 Å². The summed E-state index contributed by atoms with van der Waals surface area (Å²) in [6.07, 6.45) is 0. The van der Waals surface area contributed by atoms with Crippen molar-refractivity contribution in [3.63, 3.8) is 0 Å². The van der Waals surface area contributed by atoms with Gasteiger partial charge in [-0.1, -0.05) is 23.9 Å². The van der Waals surface area contributed by atoms with Crippen LogP contribution >= 0.6 is 11.8 Å². The van der Waals surface area contributed by atoms with E-state index >= 15 is 0 Å². The number of benzene rings is 2. The second-order valence-corrected chi connectivity index (χ2v) is 9.08. The quantitative estimate of drug-likeness (QED) is 0.188. The second-order valence-electron chi connectivity index (χ2n) is 7.77. The maximum absolute atomic E-state index is 13.5. The first-order valence-corrected chi connectivity index (χ1v) is 11.4. The number of fused-ring (bicyclic) bond motifs is 1. The molecule has 34 heavy (non-hydrogen) atoms. The molecule has 7 nitrogen and oxygen atoms in total. The largest absolute Gasteiger partial charge is 0.465 e. The van der Waals surface area contributed by atoms with Crippen molar-refractivity contribution in [3.05, 3.63) is 87.2 Å². The van der Waals surface area contributed by atoms with Gasteiger partial charge in [-0.3, -0.25) is 14.2 Å². The first-order valence-electron chi connectivity index (χ1n) is 10.5. The predicted molar refractivity (Wildman–Crippen MR) is 129 cm³/mol. The van der Waals surface area contributed by atoms with E-state index < -0.39 is 17.0 Å². The number of aromatic nitrogens is 3. The minimum absolute atomic E-state index is 0.256. The number of thioether (sulfide) groups is 1. The van der Waals surface area contributed by atoms with Gasteiger partial charge in [-0.15, -0.1) is 0 Å². The van der Waals surface area contributed by atoms with Gasteiger partial charge in [-0.2, -0.15) is 0 Å². The number of aromatic amines is 1. The Balaban J connectivity index is 1.78. The number of H-pyrrole nitrogens is 1. The SMILES string of the molecule is COC(=O)c1c(C)[nH]c(C(=O)[C@@H](C)Sc2nc3ccccc3c(=O)n2-c2ccc(F)cc2)c1C. The van der Waals surface area contributed by atoms with Crippen LogP contribution in [0.4, 0.5) is 4.39 Å². The van der Waals surface area contributed by atoms with Crippen LogP contribution in [0, 0.1) is 19.7 Å². The maximum atomic E-state index is 13.5. The van der Waals surface area contributed by atoms with Gasteiger partial charge in [0.1, 0.15) is 5.82 Å². The highest BCUT2D eigenvalue weighted by molar-refractivity contribution is 8.00. The molecule has 4 aromatic rings. The van der Waals surface area contributed by atoms with Gasteiger partial charge < -0.3 is 9.72 Å². The highest BCUT2D eigenvalue weighted by Gasteiger charge is 2.27. The number of nitrogens with zero attached hydrogens (tertiary/aromatic N) is 2. The van der Waals surface area contributed by atoms with Gasteiger partial charge in [0.2, 0.25) is 0 Å². The summed E-state index contributed by atoms with van der Waals surface area (Å²) >= 11 is 1.11. The molecule has 4 rings (SSSR count). The molecule has 0 aliphatic rings. The number of para-hydroxylation sites is 1. The van der Waals surface area contributed by atoms with E-state index in [0.717, 1.165) is 11.8 Å². The smallest absolute Gasteiger partial charge is 0.339 e. The molecule has 2 aromatic heterocycles. The Bertz CT molecular complexity index is 1470. The lowest BCUT2D eigenvalue weighted by atomic mass is 10.1. The zero-order chi connectivity index (χ0) is 24.6. The molecule has 2 heterocycles. The van der Waals surface area contributed by atoms with Crippen molar-refractivity contribution < 1.29 is 18.7 Å². The van der Waals surface area contributed by atoms with Crippen molar-refractivity contribution >= 4 is 34.4 Å². The van der Waals surface area contributed by atoms with Crippen molar-refractivity contribution in [1.29, 1.82) is 0 Å². The Labute approximate surface area is 199 Å². The number of rotatable bonds is 6. The number of methoxy groups -OCH3 is 1. The predicted octanol–water partition coefficient (Wildman–Crippen LogP) is 4.62. The van der Waals surface area contributed by atoms with E-state index in [2.05, 4.69) is 9.97 Å². The molecule has 0 amide bonds. The zero-order valence-electron chi connectivity index (χ0n) is 19.0. The van der Waals surface area contributed by atoms with Gasteiger partial charge in [0.05, 0.1) is 40.2 Å². The molecular weight excluding hydrogens is 457 g/mol. The van der Waals surface area contributed by atoms with Crippen LogP contribution in [0.3, 0.4) is 0 Å². The average molecular weight is 480 g/mol. The van der Waals surface area contributed by atoms with E-state index in [4.69, 9.17) is 4.74 Å². The molecular formula is C25H22FN3O4S. The summed E-state index contributed by atoms with van der Waals surface area (Å²) in [5.41, 5.74) is 2.28. The summed E-state index contributed by atoms with van der Waals surface area (Å²) in [5.74, 6) is -1.21. The van der Waals surface area contributed by atoms with E-state index in [-0.39, 0.29) is 11.3 Å². The zero-order valence-corrected chi connectivity index (χ0v) is 19.8. The Morgan fingerprint density at radius 3 is 2.47 bits per heavy atom. The first-order chi connectivity index (χ1) is 16.2. The third-order valence-electron chi connectivity index (χ3n) is 5.55. The first kappa shape index (κ1) is 23.4. The summed E-state index contributed by atoms with van der Waals surface area (Å²) in [6.45, 7) is 5.09. The molecule has 0 saturated heterocycles. The van der Waals surface area contributed by atoms with E-state index in [1.54, 1.807) is 45.0 Å². The summed E-state index contributed by atoms with van der Waals surface area (Å²) in [6, 6.07) is 12.4. The van der Waals surface area contributed by atoms with Crippen molar-refractivity contribution in [2.24, 2.45) is 0 Å². The van der Waals surface area contributed by atoms with E-state index in [9.17, 15) is 18.8 Å². The van der Waals surface area contributed by atoms with Crippen molar-refractivity contribution in [2.45, 2.75) is 31.2 Å². The molecule has 0 spiro atoms. The Morgan fingerprint density at radius 2 is 1.79 bits per heavy atom. The van der Waals surface area contributed by atoms with Crippen LogP contribution < -0.4 is 5.56 Å². The molecule has 0 aliphatic carbocycles. The van der Waals surface area contributed by atoms with Gasteiger partial charge in [0, 0.05) is 5.69 Å². The van der Waals surface area contributed by atoms with Gasteiger partial charge in [-0.05, 0) is 62.7 Å². The van der Waals surface area contributed by atoms with Crippen molar-refractivity contribution in [2.75, 3.05) is 7.11 Å². The number of carbonyl (C=O) groups is 2. The summed E-state index contributed by atoms with van der Waals surface area (Å²) in [7, 11) is 1.29. The lowest BCUT2D eigenvalue weighted by Crippen LogP contribution is -2.24. The summed E-state index contributed by atoms with van der Waals surface area (Å²) in [5, 5.41) is 0.0565. The van der Waals surface area contributed by atoms with Crippen LogP contribution in [-0.4, -0.2) is 38.6 Å². The van der Waals surface area contributed by atoms with Gasteiger partial charge in [-0.25, -0.2) is 14.2 Å². The maximum Gasteiger partial charge on any atom is 0.339 e. The average Bonchev–Trinajstić information content (AvgIpc) is 3.12. The van der Waals surface area contributed by atoms with Crippen LogP contribution in [-0.2, 0) is 4.74 Å². The standard InChI is InChI=1S/C25H22FN3O4S/c1-13-20(24(32)33-4)14(2)27-21(13)22(30)15(3)34-25-28-19-8-6-5-7-18(19)23(31)29(25)17-11-9-16(26)10-12-17/h5-12,15,27H,1-4H3/t15-/m1/s1. The van der Waals surface area contributed by atoms with Gasteiger partial charge in [0.25, 0.3) is 5.56 Å². The van der Waals surface area contributed by atoms with Crippen LogP contribution in [0.25, 0.3) is 16.6 Å². The van der Waals surface area contributed by atoms with Crippen LogP contribution in [0.5, 0.6) is 0 Å². The van der Waals surface area contributed by atoms with E-state index in [1.165, 1.54) is 35.9 Å². The summed E-state index contributed by atoms with van der Waals surface area (Å²) < 4.78 is 19.7. The fraction of sp³-hybridized carbons (Fsp3) is 0.200. The number of hydrogen-bond acceptors (Lipinski definition) is 6. The molecule has 9 heteroatoms. The lowest BCUT2D eigenvalue weighted by Gasteiger charge is -2.16. The van der Waals surface area contributed by atoms with Crippen LogP contribution in [0.15, 0.2) is 58.5 Å². The molecule has 174 valence electrons. The Morgan fingerprint density at radius 1 is 1.12 bits per heavy atom. The number of ether oxygens (including phenoxy) is 1. The number of esters is 1. The highest BCUT2D eigenvalue weighted by Crippen LogP contribution is 2.29. The number of carbonyl (C=O) groups excluding carboxylic acids is 2. The molecule has 0 radical (unpaired) electrons. The molecule has 0 saturated carbocycles. The Kier molecular flexibility index (Phi) is 6.39. The molecule has 1 atom stereocenters. The number of nitrogens with one attached hydrogen (secondary N) is 1. The topological polar surface area (TPSA) is 94.1 Å². The Hall–Kier alpha value is -3.72. The van der Waals surface area contributed by atoms with Crippen LogP contribution in [0.2, 0.25) is 0 Å². The molecule has 1 N–H and O–H groups in total. The third kappa shape index (κ3) is 4.14. The fourth-order valence-corrected chi connectivity index (χ4v) is 4.81. The van der Waals surface area contributed by atoms with Crippen molar-refractivity contribution in [3.8, 4) is 5.69 Å². The second kappa shape index (κ2) is 9.26. The molecule has 0 fully saturated rings. The lowest BCUT2D eigenvalue weighted by molar-refractivity contribution is 0.0599. The molecule has 0 aliphatic heterocycles. The third-order valence-corrected chi connectivity index (χ3v) is 6.61. The van der Waals surface area contributed by atoms with E-state index in [0.29, 0.717) is 44.3 Å². The molecule has 0 unspecified atom stereocenters. The number of aryl methyl sites for hydroxylation is 1. The molecule has 2 aromatic carbocycles. The van der Waals surface area contributed by atoms with Crippen molar-refractivity contribution in [1.82, 2.24) is 14.5 Å². The minimum atomic E-state index is -0.651. The minimum Gasteiger partial charge on any atom is -0.465 e. The molecule has 0 bridgehead atoms. The number of hydrogen-bond donors (Lipinski definition) is 1. The van der Waals surface area contributed by atoms with Gasteiger partial charge >= 0.3 is 5.97 Å². The number of ketones is 1. The fourth-order valence-electron chi connectivity index (χ4n) is 3.83. The summed E-state index contributed by atoms with van der Waals surface area (Å²) in [4.78, 5) is 46.4.